The summed E-state index contributed by atoms with van der Waals surface area (Å²) in [5.74, 6) is 0.529. The number of aryl methyl sites for hydroxylation is 1. The van der Waals surface area contributed by atoms with Gasteiger partial charge in [-0.05, 0) is 44.5 Å². The average Bonchev–Trinajstić information content (AvgIpc) is 2.63. The molecule has 0 spiro atoms. The predicted molar refractivity (Wildman–Crippen MR) is 105 cm³/mol. The van der Waals surface area contributed by atoms with Gasteiger partial charge in [0.15, 0.2) is 0 Å². The van der Waals surface area contributed by atoms with Crippen LogP contribution in [0.5, 0.6) is 11.5 Å². The van der Waals surface area contributed by atoms with Gasteiger partial charge < -0.3 is 10.1 Å². The normalized spacial score (nSPS) is 20.7. The van der Waals surface area contributed by atoms with Crippen molar-refractivity contribution in [3.05, 3.63) is 58.1 Å². The van der Waals surface area contributed by atoms with Crippen molar-refractivity contribution in [1.29, 1.82) is 0 Å². The number of nitro groups is 1. The Morgan fingerprint density at radius 3 is 2.64 bits per heavy atom. The third-order valence-electron chi connectivity index (χ3n) is 4.65. The molecule has 1 heterocycles. The third-order valence-corrected chi connectivity index (χ3v) is 6.65. The highest BCUT2D eigenvalue weighted by Crippen LogP contribution is 2.35. The first-order valence-electron chi connectivity index (χ1n) is 8.96. The second kappa shape index (κ2) is 7.86. The first-order valence-corrected chi connectivity index (χ1v) is 10.4. The van der Waals surface area contributed by atoms with E-state index in [9.17, 15) is 18.5 Å². The number of nitrogens with zero attached hydrogens (tertiary/aromatic N) is 2. The van der Waals surface area contributed by atoms with Gasteiger partial charge in [-0.1, -0.05) is 12.1 Å². The van der Waals surface area contributed by atoms with Crippen LogP contribution in [-0.2, 0) is 10.0 Å². The molecule has 0 aromatic heterocycles. The number of non-ortho nitro benzene ring substituents is 1. The molecule has 0 bridgehead atoms. The summed E-state index contributed by atoms with van der Waals surface area (Å²) >= 11 is 0. The van der Waals surface area contributed by atoms with E-state index < -0.39 is 14.9 Å². The number of hydrogen-bond donors (Lipinski definition) is 1. The van der Waals surface area contributed by atoms with Crippen LogP contribution in [0.4, 0.5) is 5.69 Å². The van der Waals surface area contributed by atoms with Crippen LogP contribution in [0.15, 0.2) is 47.4 Å². The lowest BCUT2D eigenvalue weighted by Gasteiger charge is -2.36. The molecule has 2 unspecified atom stereocenters. The van der Waals surface area contributed by atoms with Crippen molar-refractivity contribution in [3.8, 4) is 11.5 Å². The van der Waals surface area contributed by atoms with Crippen molar-refractivity contribution in [2.45, 2.75) is 37.8 Å². The van der Waals surface area contributed by atoms with Gasteiger partial charge in [0.2, 0.25) is 10.0 Å². The summed E-state index contributed by atoms with van der Waals surface area (Å²) in [4.78, 5) is 10.4. The highest BCUT2D eigenvalue weighted by atomic mass is 32.2. The summed E-state index contributed by atoms with van der Waals surface area (Å²) in [5, 5.41) is 14.5. The Labute approximate surface area is 164 Å². The summed E-state index contributed by atoms with van der Waals surface area (Å²) in [6.07, 6.45) is 0. The maximum absolute atomic E-state index is 13.4. The molecule has 150 valence electrons. The Bertz CT molecular complexity index is 993. The van der Waals surface area contributed by atoms with Gasteiger partial charge in [0.05, 0.1) is 4.92 Å². The van der Waals surface area contributed by atoms with Gasteiger partial charge in [-0.25, -0.2) is 8.42 Å². The lowest BCUT2D eigenvalue weighted by molar-refractivity contribution is -0.385. The molecule has 8 nitrogen and oxygen atoms in total. The second-order valence-electron chi connectivity index (χ2n) is 7.04. The molecular formula is C19H23N3O5S. The molecule has 0 radical (unpaired) electrons. The standard InChI is InChI=1S/C19H23N3O5S/c1-13-5-4-6-17(9-13)27-18-8-7-16(22(23)24)10-19(18)28(25,26)21-12-14(2)20-11-15(21)3/h4-10,14-15,20H,11-12H2,1-3H3. The monoisotopic (exact) mass is 405 g/mol. The molecule has 1 saturated heterocycles. The van der Waals surface area contributed by atoms with E-state index in [1.165, 1.54) is 16.4 Å². The van der Waals surface area contributed by atoms with Gasteiger partial charge in [-0.3, -0.25) is 10.1 Å². The number of benzene rings is 2. The van der Waals surface area contributed by atoms with Gasteiger partial charge in [0.25, 0.3) is 5.69 Å². The molecule has 2 aromatic rings. The number of sulfonamides is 1. The van der Waals surface area contributed by atoms with Crippen LogP contribution in [0.2, 0.25) is 0 Å². The Hall–Kier alpha value is -2.49. The molecule has 1 aliphatic heterocycles. The number of nitrogens with one attached hydrogen (secondary N) is 1. The van der Waals surface area contributed by atoms with E-state index in [0.29, 0.717) is 12.3 Å². The van der Waals surface area contributed by atoms with Gasteiger partial charge in [-0.2, -0.15) is 4.31 Å². The van der Waals surface area contributed by atoms with Crippen LogP contribution in [0.25, 0.3) is 0 Å². The fourth-order valence-corrected chi connectivity index (χ4v) is 5.01. The van der Waals surface area contributed by atoms with Crippen LogP contribution in [0, 0.1) is 17.0 Å². The number of ether oxygens (including phenoxy) is 1. The van der Waals surface area contributed by atoms with Crippen molar-refractivity contribution in [2.24, 2.45) is 0 Å². The van der Waals surface area contributed by atoms with E-state index in [0.717, 1.165) is 11.6 Å². The third kappa shape index (κ3) is 4.16. The first-order chi connectivity index (χ1) is 13.2. The van der Waals surface area contributed by atoms with E-state index in [1.54, 1.807) is 25.1 Å². The van der Waals surface area contributed by atoms with Crippen molar-refractivity contribution < 1.29 is 18.1 Å². The molecular weight excluding hydrogens is 382 g/mol. The molecule has 1 aliphatic rings. The van der Waals surface area contributed by atoms with Crippen LogP contribution in [-0.4, -0.2) is 42.8 Å². The van der Waals surface area contributed by atoms with Crippen molar-refractivity contribution >= 4 is 15.7 Å². The summed E-state index contributed by atoms with van der Waals surface area (Å²) in [7, 11) is -4.00. The average molecular weight is 405 g/mol. The number of piperazine rings is 1. The van der Waals surface area contributed by atoms with Crippen LogP contribution < -0.4 is 10.1 Å². The van der Waals surface area contributed by atoms with E-state index in [-0.39, 0.29) is 35.0 Å². The topological polar surface area (TPSA) is 102 Å². The number of rotatable bonds is 5. The summed E-state index contributed by atoms with van der Waals surface area (Å²) in [6, 6.07) is 10.5. The maximum atomic E-state index is 13.4. The van der Waals surface area contributed by atoms with E-state index in [4.69, 9.17) is 4.74 Å². The van der Waals surface area contributed by atoms with Crippen molar-refractivity contribution in [3.63, 3.8) is 0 Å². The predicted octanol–water partition coefficient (Wildman–Crippen LogP) is 3.07. The van der Waals surface area contributed by atoms with E-state index >= 15 is 0 Å². The molecule has 1 N–H and O–H groups in total. The molecule has 1 fully saturated rings. The zero-order valence-electron chi connectivity index (χ0n) is 16.0. The smallest absolute Gasteiger partial charge is 0.271 e. The minimum Gasteiger partial charge on any atom is -0.456 e. The SMILES string of the molecule is Cc1cccc(Oc2ccc([N+](=O)[O-])cc2S(=O)(=O)N2CC(C)NCC2C)c1. The Morgan fingerprint density at radius 2 is 1.96 bits per heavy atom. The van der Waals surface area contributed by atoms with Crippen LogP contribution in [0.3, 0.4) is 0 Å². The zero-order chi connectivity index (χ0) is 20.5. The molecule has 0 aliphatic carbocycles. The van der Waals surface area contributed by atoms with Gasteiger partial charge in [0.1, 0.15) is 16.4 Å². The zero-order valence-corrected chi connectivity index (χ0v) is 16.8. The fourth-order valence-electron chi connectivity index (χ4n) is 3.15. The molecule has 3 rings (SSSR count). The Morgan fingerprint density at radius 1 is 1.21 bits per heavy atom. The lowest BCUT2D eigenvalue weighted by Crippen LogP contribution is -2.56. The lowest BCUT2D eigenvalue weighted by atomic mass is 10.2. The Kier molecular flexibility index (Phi) is 5.69. The molecule has 2 atom stereocenters. The largest absolute Gasteiger partial charge is 0.456 e. The molecule has 9 heteroatoms. The van der Waals surface area contributed by atoms with Gasteiger partial charge >= 0.3 is 0 Å². The fraction of sp³-hybridized carbons (Fsp3) is 0.368. The summed E-state index contributed by atoms with van der Waals surface area (Å²) in [5.41, 5.74) is 0.652. The maximum Gasteiger partial charge on any atom is 0.271 e. The van der Waals surface area contributed by atoms with Crippen LogP contribution >= 0.6 is 0 Å². The highest BCUT2D eigenvalue weighted by molar-refractivity contribution is 7.89. The van der Waals surface area contributed by atoms with Gasteiger partial charge in [-0.15, -0.1) is 0 Å². The molecule has 0 amide bonds. The Balaban J connectivity index is 2.08. The van der Waals surface area contributed by atoms with Gasteiger partial charge in [0, 0.05) is 37.3 Å². The minimum absolute atomic E-state index is 0.0224. The van der Waals surface area contributed by atoms with Crippen molar-refractivity contribution in [1.82, 2.24) is 9.62 Å². The minimum atomic E-state index is -4.00. The summed E-state index contributed by atoms with van der Waals surface area (Å²) < 4.78 is 34.0. The molecule has 2 aromatic carbocycles. The van der Waals surface area contributed by atoms with Crippen molar-refractivity contribution in [2.75, 3.05) is 13.1 Å². The van der Waals surface area contributed by atoms with E-state index in [1.807, 2.05) is 19.9 Å². The second-order valence-corrected chi connectivity index (χ2v) is 8.90. The van der Waals surface area contributed by atoms with Crippen LogP contribution in [0.1, 0.15) is 19.4 Å². The number of nitro benzene ring substituents is 1. The molecule has 0 saturated carbocycles. The quantitative estimate of drug-likeness (QED) is 0.606. The number of hydrogen-bond acceptors (Lipinski definition) is 6. The van der Waals surface area contributed by atoms with E-state index in [2.05, 4.69) is 5.32 Å². The highest BCUT2D eigenvalue weighted by Gasteiger charge is 2.36. The molecule has 28 heavy (non-hydrogen) atoms. The summed E-state index contributed by atoms with van der Waals surface area (Å²) in [6.45, 7) is 6.37. The first kappa shape index (κ1) is 20.2.